The molecule has 9 rings (SSSR count). The molecule has 0 aromatic heterocycles. The summed E-state index contributed by atoms with van der Waals surface area (Å²) in [5.41, 5.74) is -1.01. The number of rotatable bonds is 10. The summed E-state index contributed by atoms with van der Waals surface area (Å²) in [7, 11) is -4.64. The topological polar surface area (TPSA) is 242 Å². The van der Waals surface area contributed by atoms with Crippen LogP contribution in [0, 0.1) is 0 Å². The number of carbonyl (C=O) groups excluding carboxylic acids is 8. The number of fused-ring (bicyclic) bond motifs is 2. The van der Waals surface area contributed by atoms with Crippen molar-refractivity contribution in [1.82, 2.24) is 20.0 Å². The molecule has 0 unspecified atom stereocenters. The standard InChI is InChI=1S/C46H36N4O12P2/c51-35-21-22-36(52)48-40(26-12-2-6-16-30(26)44(57)58)63(39(47(35)48)25-11-1-5-15-29(25)43(55)56)33-19-9-10-20-34(33)64-41(27-13-3-7-17-31(27)45(59)60)49-37(53)23-24-38(54)50(49)42(64)28-14-4-8-18-32(28)46(61)62/h1-20,39-42H,21-24H2,(H,55,56)(H,57,58)(H,59,60)(H,61,62)/p-4/t39-,40-,41-,42-/m1/s1. The highest BCUT2D eigenvalue weighted by Crippen LogP contribution is 2.74. The minimum Gasteiger partial charge on any atom is -0.545 e. The second-order valence-electron chi connectivity index (χ2n) is 15.2. The summed E-state index contributed by atoms with van der Waals surface area (Å²) in [6.07, 6.45) is -1.04. The summed E-state index contributed by atoms with van der Waals surface area (Å²) in [5, 5.41) is 57.1. The van der Waals surface area contributed by atoms with E-state index < -0.39 is 86.5 Å². The Hall–Kier alpha value is -7.28. The van der Waals surface area contributed by atoms with Gasteiger partial charge in [-0.25, -0.2) is 20.0 Å². The lowest BCUT2D eigenvalue weighted by Crippen LogP contribution is -2.50. The van der Waals surface area contributed by atoms with E-state index in [0.717, 1.165) is 0 Å². The molecule has 5 aromatic rings. The predicted octanol–water partition coefficient (Wildman–Crippen LogP) is 0.909. The number of carbonyl (C=O) groups is 8. The van der Waals surface area contributed by atoms with Crippen LogP contribution in [0.2, 0.25) is 0 Å². The zero-order valence-electron chi connectivity index (χ0n) is 33.3. The van der Waals surface area contributed by atoms with Crippen molar-refractivity contribution in [1.29, 1.82) is 0 Å². The number of hydrogen-bond acceptors (Lipinski definition) is 12. The molecule has 0 bridgehead atoms. The second-order valence-corrected chi connectivity index (χ2v) is 19.8. The fourth-order valence-corrected chi connectivity index (χ4v) is 16.8. The Labute approximate surface area is 366 Å². The van der Waals surface area contributed by atoms with Gasteiger partial charge >= 0.3 is 0 Å². The van der Waals surface area contributed by atoms with Crippen LogP contribution >= 0.6 is 15.8 Å². The van der Waals surface area contributed by atoms with Gasteiger partial charge in [0, 0.05) is 47.9 Å². The summed E-state index contributed by atoms with van der Waals surface area (Å²) in [6.45, 7) is 0. The van der Waals surface area contributed by atoms with Crippen molar-refractivity contribution in [3.63, 3.8) is 0 Å². The first-order valence-electron chi connectivity index (χ1n) is 20.0. The highest BCUT2D eigenvalue weighted by atomic mass is 31.1. The zero-order valence-corrected chi connectivity index (χ0v) is 35.1. The van der Waals surface area contributed by atoms with Crippen LogP contribution in [-0.2, 0) is 19.2 Å². The van der Waals surface area contributed by atoms with Crippen molar-refractivity contribution in [2.45, 2.75) is 48.8 Å². The molecule has 4 saturated heterocycles. The molecular weight excluding hydrogens is 862 g/mol. The first kappa shape index (κ1) is 42.0. The third kappa shape index (κ3) is 6.68. The molecule has 0 N–H and O–H groups in total. The van der Waals surface area contributed by atoms with E-state index in [0.29, 0.717) is 10.6 Å². The molecule has 16 nitrogen and oxygen atoms in total. The SMILES string of the molecule is O=C([O-])c1ccccc1[C@@H]1N2C(=O)CCC(=O)N2[C@@H](c2ccccc2C(=O)[O-])P1c1ccccc1P1[C@H](c2ccccc2C(=O)[O-])N2C(=O)CCC(=O)N2[C@H]1c1ccccc1C(=O)[O-]. The van der Waals surface area contributed by atoms with E-state index in [1.807, 2.05) is 0 Å². The summed E-state index contributed by atoms with van der Waals surface area (Å²) in [6, 6.07) is 29.7. The van der Waals surface area contributed by atoms with Crippen molar-refractivity contribution in [3.05, 3.63) is 166 Å². The van der Waals surface area contributed by atoms with Gasteiger partial charge in [0.1, 0.15) is 23.1 Å². The average molecular weight is 895 g/mol. The monoisotopic (exact) mass is 894 g/mol. The minimum atomic E-state index is -2.32. The Morgan fingerprint density at radius 2 is 0.562 bits per heavy atom. The highest BCUT2D eigenvalue weighted by Gasteiger charge is 2.60. The van der Waals surface area contributed by atoms with Crippen LogP contribution in [0.1, 0.15) is 113 Å². The number of hydrogen-bond donors (Lipinski definition) is 0. The second kappa shape index (κ2) is 16.4. The number of amides is 4. The largest absolute Gasteiger partial charge is 0.545 e. The van der Waals surface area contributed by atoms with Gasteiger partial charge in [-0.2, -0.15) is 0 Å². The number of benzene rings is 5. The number of aromatic carboxylic acids is 4. The number of carboxylic acid groups (broad SMARTS) is 4. The molecule has 4 heterocycles. The third-order valence-electron chi connectivity index (χ3n) is 11.8. The zero-order chi connectivity index (χ0) is 45.1. The molecule has 0 radical (unpaired) electrons. The van der Waals surface area contributed by atoms with Gasteiger partial charge in [-0.1, -0.05) is 121 Å². The molecule has 0 aliphatic carbocycles. The van der Waals surface area contributed by atoms with Gasteiger partial charge in [0.15, 0.2) is 0 Å². The number of hydrazine groups is 2. The average Bonchev–Trinajstić information content (AvgIpc) is 3.85. The van der Waals surface area contributed by atoms with E-state index in [2.05, 4.69) is 0 Å². The predicted molar refractivity (Wildman–Crippen MR) is 219 cm³/mol. The first-order chi connectivity index (χ1) is 30.8. The van der Waals surface area contributed by atoms with Crippen molar-refractivity contribution in [2.75, 3.05) is 0 Å². The van der Waals surface area contributed by atoms with Gasteiger partial charge < -0.3 is 39.6 Å². The Morgan fingerprint density at radius 3 is 0.781 bits per heavy atom. The van der Waals surface area contributed by atoms with Crippen molar-refractivity contribution in [2.24, 2.45) is 0 Å². The van der Waals surface area contributed by atoms with Crippen LogP contribution in [0.15, 0.2) is 121 Å². The third-order valence-corrected chi connectivity index (χ3v) is 18.0. The molecule has 0 saturated carbocycles. The van der Waals surface area contributed by atoms with Crippen LogP contribution < -0.4 is 31.0 Å². The lowest BCUT2D eigenvalue weighted by atomic mass is 10.1. The van der Waals surface area contributed by atoms with E-state index >= 15 is 0 Å². The number of nitrogens with zero attached hydrogens (tertiary/aromatic N) is 4. The van der Waals surface area contributed by atoms with Crippen LogP contribution in [0.3, 0.4) is 0 Å². The van der Waals surface area contributed by atoms with Crippen molar-refractivity contribution < 1.29 is 58.8 Å². The summed E-state index contributed by atoms with van der Waals surface area (Å²) < 4.78 is 0. The van der Waals surface area contributed by atoms with Crippen LogP contribution in [0.4, 0.5) is 0 Å². The molecule has 322 valence electrons. The maximum Gasteiger partial charge on any atom is 0.242 e. The maximum absolute atomic E-state index is 14.4. The highest BCUT2D eigenvalue weighted by molar-refractivity contribution is 7.73. The first-order valence-corrected chi connectivity index (χ1v) is 22.9. The molecule has 4 aliphatic heterocycles. The molecule has 4 aliphatic rings. The molecule has 5 aromatic carbocycles. The molecule has 4 atom stereocenters. The smallest absolute Gasteiger partial charge is 0.242 e. The minimum absolute atomic E-state index is 0.0633. The van der Waals surface area contributed by atoms with Crippen molar-refractivity contribution >= 4 is 74.0 Å². The molecular formula is C46H32N4O12P2-4. The Balaban J connectivity index is 1.41. The molecule has 18 heteroatoms. The van der Waals surface area contributed by atoms with Crippen LogP contribution in [-0.4, -0.2) is 67.5 Å². The van der Waals surface area contributed by atoms with Gasteiger partial charge in [-0.15, -0.1) is 0 Å². The Kier molecular flexibility index (Phi) is 10.8. The number of carboxylic acids is 4. The molecule has 4 fully saturated rings. The van der Waals surface area contributed by atoms with E-state index in [1.54, 1.807) is 48.5 Å². The van der Waals surface area contributed by atoms with Crippen molar-refractivity contribution in [3.8, 4) is 0 Å². The van der Waals surface area contributed by atoms with E-state index in [4.69, 9.17) is 0 Å². The van der Waals surface area contributed by atoms with Gasteiger partial charge in [-0.3, -0.25) is 19.2 Å². The van der Waals surface area contributed by atoms with Crippen LogP contribution in [0.25, 0.3) is 0 Å². The molecule has 64 heavy (non-hydrogen) atoms. The maximum atomic E-state index is 14.4. The summed E-state index contributed by atoms with van der Waals surface area (Å²) in [5.74, 6) is -13.8. The van der Waals surface area contributed by atoms with E-state index in [9.17, 15) is 58.8 Å². The fourth-order valence-electron chi connectivity index (χ4n) is 9.31. The van der Waals surface area contributed by atoms with E-state index in [1.165, 1.54) is 92.8 Å². The lowest BCUT2D eigenvalue weighted by Gasteiger charge is -2.38. The van der Waals surface area contributed by atoms with E-state index in [-0.39, 0.29) is 70.2 Å². The molecule has 0 spiro atoms. The Bertz CT molecular complexity index is 2500. The summed E-state index contributed by atoms with van der Waals surface area (Å²) >= 11 is 0. The Morgan fingerprint density at radius 1 is 0.359 bits per heavy atom. The summed E-state index contributed by atoms with van der Waals surface area (Å²) in [4.78, 5) is 109. The fraction of sp³-hybridized carbons (Fsp3) is 0.174. The van der Waals surface area contributed by atoms with Crippen LogP contribution in [0.5, 0.6) is 0 Å². The molecule has 4 amide bonds. The normalized spacial score (nSPS) is 21.2. The lowest BCUT2D eigenvalue weighted by molar-refractivity contribution is -0.256. The van der Waals surface area contributed by atoms with Gasteiger partial charge in [-0.05, 0) is 48.7 Å². The van der Waals surface area contributed by atoms with Gasteiger partial charge in [0.05, 0.1) is 23.9 Å². The van der Waals surface area contributed by atoms with Gasteiger partial charge in [0.25, 0.3) is 0 Å². The van der Waals surface area contributed by atoms with Gasteiger partial charge in [0.2, 0.25) is 23.6 Å². The quantitative estimate of drug-likeness (QED) is 0.178.